The fraction of sp³-hybridized carbons (Fsp3) is 0.188. The van der Waals surface area contributed by atoms with Crippen molar-refractivity contribution in [3.63, 3.8) is 0 Å². The van der Waals surface area contributed by atoms with E-state index in [2.05, 4.69) is 10.1 Å². The van der Waals surface area contributed by atoms with E-state index in [1.54, 1.807) is 0 Å². The summed E-state index contributed by atoms with van der Waals surface area (Å²) in [6.45, 7) is 0. The summed E-state index contributed by atoms with van der Waals surface area (Å²) in [6, 6.07) is 14.8. The number of hydrogen-bond acceptors (Lipinski definition) is 3. The van der Waals surface area contributed by atoms with Gasteiger partial charge in [-0.1, -0.05) is 30.3 Å². The molecule has 0 bridgehead atoms. The van der Waals surface area contributed by atoms with Gasteiger partial charge in [-0.25, -0.2) is 0 Å². The van der Waals surface area contributed by atoms with Gasteiger partial charge in [0.2, 0.25) is 5.91 Å². The van der Waals surface area contributed by atoms with Crippen LogP contribution < -0.4 is 10.1 Å². The number of halogens is 3. The van der Waals surface area contributed by atoms with Crippen LogP contribution in [0.1, 0.15) is 5.56 Å². The lowest BCUT2D eigenvalue weighted by atomic mass is 10.2. The summed E-state index contributed by atoms with van der Waals surface area (Å²) in [5.74, 6) is 0.437. The minimum atomic E-state index is -4.72. The number of amides is 1. The van der Waals surface area contributed by atoms with Crippen LogP contribution in [-0.2, 0) is 10.5 Å². The maximum absolute atomic E-state index is 12.0. The molecular formula is C16H14F3NO2S. The summed E-state index contributed by atoms with van der Waals surface area (Å²) in [5, 5.41) is 2.62. The summed E-state index contributed by atoms with van der Waals surface area (Å²) >= 11 is 1.46. The van der Waals surface area contributed by atoms with Crippen LogP contribution in [0, 0.1) is 0 Å². The molecule has 0 aromatic heterocycles. The molecule has 0 atom stereocenters. The van der Waals surface area contributed by atoms with Crippen LogP contribution in [0.4, 0.5) is 18.9 Å². The quantitative estimate of drug-likeness (QED) is 0.843. The zero-order chi connectivity index (χ0) is 16.7. The molecule has 23 heavy (non-hydrogen) atoms. The highest BCUT2D eigenvalue weighted by molar-refractivity contribution is 7.99. The molecule has 2 rings (SSSR count). The number of rotatable bonds is 6. The Morgan fingerprint density at radius 1 is 1.04 bits per heavy atom. The molecule has 0 unspecified atom stereocenters. The number of carbonyl (C=O) groups excluding carboxylic acids is 1. The third-order valence-electron chi connectivity index (χ3n) is 2.72. The minimum absolute atomic E-state index is 0.213. The van der Waals surface area contributed by atoms with E-state index >= 15 is 0 Å². The van der Waals surface area contributed by atoms with Crippen LogP contribution in [0.2, 0.25) is 0 Å². The number of ether oxygens (including phenoxy) is 1. The van der Waals surface area contributed by atoms with Gasteiger partial charge in [-0.05, 0) is 29.8 Å². The Bertz CT molecular complexity index is 630. The molecule has 0 saturated heterocycles. The molecule has 122 valence electrons. The normalized spacial score (nSPS) is 11.1. The maximum atomic E-state index is 12.0. The lowest BCUT2D eigenvalue weighted by molar-refractivity contribution is -0.274. The molecule has 0 fully saturated rings. The molecule has 7 heteroatoms. The van der Waals surface area contributed by atoms with Gasteiger partial charge in [-0.2, -0.15) is 0 Å². The van der Waals surface area contributed by atoms with E-state index in [0.29, 0.717) is 11.4 Å². The van der Waals surface area contributed by atoms with Crippen LogP contribution >= 0.6 is 11.8 Å². The Kier molecular flexibility index (Phi) is 5.92. The largest absolute Gasteiger partial charge is 0.573 e. The van der Waals surface area contributed by atoms with Gasteiger partial charge in [0.05, 0.1) is 5.75 Å². The first kappa shape index (κ1) is 17.2. The Labute approximate surface area is 135 Å². The smallest absolute Gasteiger partial charge is 0.406 e. The molecular weight excluding hydrogens is 327 g/mol. The van der Waals surface area contributed by atoms with Crippen molar-refractivity contribution < 1.29 is 22.7 Å². The second-order valence-corrected chi connectivity index (χ2v) is 5.58. The molecule has 0 radical (unpaired) electrons. The molecule has 2 aromatic rings. The first-order chi connectivity index (χ1) is 10.9. The first-order valence-electron chi connectivity index (χ1n) is 6.70. The third kappa shape index (κ3) is 6.65. The maximum Gasteiger partial charge on any atom is 0.573 e. The molecule has 0 saturated carbocycles. The second-order valence-electron chi connectivity index (χ2n) is 4.60. The van der Waals surface area contributed by atoms with Crippen molar-refractivity contribution in [2.75, 3.05) is 11.1 Å². The van der Waals surface area contributed by atoms with Crippen molar-refractivity contribution >= 4 is 23.4 Å². The topological polar surface area (TPSA) is 38.3 Å². The van der Waals surface area contributed by atoms with E-state index in [-0.39, 0.29) is 17.4 Å². The third-order valence-corrected chi connectivity index (χ3v) is 3.72. The van der Waals surface area contributed by atoms with Crippen molar-refractivity contribution in [3.05, 3.63) is 60.2 Å². The zero-order valence-corrected chi connectivity index (χ0v) is 12.8. The van der Waals surface area contributed by atoms with E-state index in [1.165, 1.54) is 23.9 Å². The average molecular weight is 341 g/mol. The van der Waals surface area contributed by atoms with Crippen molar-refractivity contribution in [2.45, 2.75) is 12.1 Å². The molecule has 0 spiro atoms. The second kappa shape index (κ2) is 7.92. The molecule has 3 nitrogen and oxygen atoms in total. The van der Waals surface area contributed by atoms with Gasteiger partial charge >= 0.3 is 6.36 Å². The highest BCUT2D eigenvalue weighted by atomic mass is 32.2. The number of carbonyl (C=O) groups is 1. The zero-order valence-electron chi connectivity index (χ0n) is 12.0. The van der Waals surface area contributed by atoms with Gasteiger partial charge in [0, 0.05) is 11.4 Å². The minimum Gasteiger partial charge on any atom is -0.406 e. The van der Waals surface area contributed by atoms with Crippen LogP contribution in [0.3, 0.4) is 0 Å². The van der Waals surface area contributed by atoms with E-state index in [9.17, 15) is 18.0 Å². The fourth-order valence-electron chi connectivity index (χ4n) is 1.77. The summed E-state index contributed by atoms with van der Waals surface area (Å²) in [6.07, 6.45) is -4.72. The van der Waals surface area contributed by atoms with Crippen LogP contribution in [0.15, 0.2) is 54.6 Å². The standard InChI is InChI=1S/C16H14F3NO2S/c17-16(18,19)22-14-8-6-13(7-9-14)20-15(21)11-23-10-12-4-2-1-3-5-12/h1-9H,10-11H2,(H,20,21). The van der Waals surface area contributed by atoms with Crippen molar-refractivity contribution in [1.29, 1.82) is 0 Å². The number of thioether (sulfide) groups is 1. The predicted octanol–water partition coefficient (Wildman–Crippen LogP) is 4.46. The molecule has 0 aliphatic heterocycles. The monoisotopic (exact) mass is 341 g/mol. The van der Waals surface area contributed by atoms with E-state index in [0.717, 1.165) is 17.7 Å². The summed E-state index contributed by atoms with van der Waals surface area (Å²) in [5.41, 5.74) is 1.55. The number of alkyl halides is 3. The Balaban J connectivity index is 1.76. The van der Waals surface area contributed by atoms with Crippen LogP contribution in [0.25, 0.3) is 0 Å². The van der Waals surface area contributed by atoms with Gasteiger partial charge in [-0.15, -0.1) is 24.9 Å². The molecule has 1 amide bonds. The van der Waals surface area contributed by atoms with Crippen LogP contribution in [-0.4, -0.2) is 18.0 Å². The highest BCUT2D eigenvalue weighted by Gasteiger charge is 2.30. The molecule has 0 aliphatic rings. The van der Waals surface area contributed by atoms with E-state index in [4.69, 9.17) is 0 Å². The lowest BCUT2D eigenvalue weighted by Gasteiger charge is -2.10. The van der Waals surface area contributed by atoms with E-state index < -0.39 is 6.36 Å². The molecule has 1 N–H and O–H groups in total. The molecule has 0 heterocycles. The molecule has 0 aliphatic carbocycles. The van der Waals surface area contributed by atoms with Gasteiger partial charge < -0.3 is 10.1 Å². The summed E-state index contributed by atoms with van der Waals surface area (Å²) < 4.78 is 39.9. The number of hydrogen-bond donors (Lipinski definition) is 1. The predicted molar refractivity (Wildman–Crippen MR) is 84.4 cm³/mol. The van der Waals surface area contributed by atoms with Gasteiger partial charge in [0.25, 0.3) is 0 Å². The van der Waals surface area contributed by atoms with Gasteiger partial charge in [0.15, 0.2) is 0 Å². The number of benzene rings is 2. The Morgan fingerprint density at radius 3 is 2.30 bits per heavy atom. The van der Waals surface area contributed by atoms with E-state index in [1.807, 2.05) is 30.3 Å². The lowest BCUT2D eigenvalue weighted by Crippen LogP contribution is -2.17. The van der Waals surface area contributed by atoms with Crippen molar-refractivity contribution in [1.82, 2.24) is 0 Å². The van der Waals surface area contributed by atoms with Crippen LogP contribution in [0.5, 0.6) is 5.75 Å². The highest BCUT2D eigenvalue weighted by Crippen LogP contribution is 2.24. The number of anilines is 1. The Morgan fingerprint density at radius 2 is 1.70 bits per heavy atom. The van der Waals surface area contributed by atoms with Crippen molar-refractivity contribution in [3.8, 4) is 5.75 Å². The number of nitrogens with one attached hydrogen (secondary N) is 1. The summed E-state index contributed by atoms with van der Waals surface area (Å²) in [7, 11) is 0. The van der Waals surface area contributed by atoms with Gasteiger partial charge in [0.1, 0.15) is 5.75 Å². The summed E-state index contributed by atoms with van der Waals surface area (Å²) in [4.78, 5) is 11.8. The van der Waals surface area contributed by atoms with Gasteiger partial charge in [-0.3, -0.25) is 4.79 Å². The fourth-order valence-corrected chi connectivity index (χ4v) is 2.56. The first-order valence-corrected chi connectivity index (χ1v) is 7.85. The Hall–Kier alpha value is -2.15. The average Bonchev–Trinajstić information content (AvgIpc) is 2.49. The molecule has 2 aromatic carbocycles. The SMILES string of the molecule is O=C(CSCc1ccccc1)Nc1ccc(OC(F)(F)F)cc1. The van der Waals surface area contributed by atoms with Crippen molar-refractivity contribution in [2.24, 2.45) is 0 Å².